The maximum atomic E-state index is 12.5. The fraction of sp³-hybridized carbons (Fsp3) is 0.588. The zero-order valence-corrected chi connectivity index (χ0v) is 13.8. The van der Waals surface area contributed by atoms with E-state index in [1.165, 1.54) is 0 Å². The summed E-state index contributed by atoms with van der Waals surface area (Å²) in [6, 6.07) is 4.13. The normalized spacial score (nSPS) is 18.7. The topological polar surface area (TPSA) is 60.2 Å². The molecule has 2 rings (SSSR count). The van der Waals surface area contributed by atoms with E-state index in [1.807, 2.05) is 32.7 Å². The van der Waals surface area contributed by atoms with Gasteiger partial charge in [-0.25, -0.2) is 0 Å². The van der Waals surface area contributed by atoms with Crippen LogP contribution in [0.4, 0.5) is 5.69 Å². The number of aromatic nitrogens is 1. The molecule has 22 heavy (non-hydrogen) atoms. The highest BCUT2D eigenvalue weighted by atomic mass is 16.2. The fourth-order valence-electron chi connectivity index (χ4n) is 2.92. The molecule has 1 atom stereocenters. The van der Waals surface area contributed by atoms with Gasteiger partial charge in [-0.1, -0.05) is 20.8 Å². The molecule has 1 unspecified atom stereocenters. The number of nitrogens with zero attached hydrogens (tertiary/aromatic N) is 4. The highest BCUT2D eigenvalue weighted by Gasteiger charge is 2.32. The minimum Gasteiger partial charge on any atom is -0.367 e. The Morgan fingerprint density at radius 2 is 2.23 bits per heavy atom. The number of carbonyl (C=O) groups is 1. The van der Waals surface area contributed by atoms with Gasteiger partial charge in [-0.3, -0.25) is 9.78 Å². The van der Waals surface area contributed by atoms with Gasteiger partial charge in [0.15, 0.2) is 0 Å². The van der Waals surface area contributed by atoms with Crippen molar-refractivity contribution in [2.75, 3.05) is 25.0 Å². The number of hydrogen-bond acceptors (Lipinski definition) is 4. The third kappa shape index (κ3) is 3.38. The maximum absolute atomic E-state index is 12.5. The van der Waals surface area contributed by atoms with Gasteiger partial charge in [0.1, 0.15) is 6.07 Å². The van der Waals surface area contributed by atoms with Crippen molar-refractivity contribution in [1.82, 2.24) is 9.88 Å². The number of piperidine rings is 1. The molecule has 1 aliphatic rings. The summed E-state index contributed by atoms with van der Waals surface area (Å²) in [5.74, 6) is 0.158. The zero-order valence-electron chi connectivity index (χ0n) is 13.8. The Kier molecular flexibility index (Phi) is 4.70. The van der Waals surface area contributed by atoms with Crippen molar-refractivity contribution < 1.29 is 4.79 Å². The molecule has 0 aliphatic carbocycles. The van der Waals surface area contributed by atoms with Gasteiger partial charge in [-0.15, -0.1) is 0 Å². The molecule has 1 saturated heterocycles. The van der Waals surface area contributed by atoms with Gasteiger partial charge in [-0.05, 0) is 18.9 Å². The van der Waals surface area contributed by atoms with Crippen LogP contribution in [0, 0.1) is 16.7 Å². The predicted octanol–water partition coefficient (Wildman–Crippen LogP) is 2.43. The molecule has 0 saturated carbocycles. The highest BCUT2D eigenvalue weighted by molar-refractivity contribution is 5.81. The lowest BCUT2D eigenvalue weighted by molar-refractivity contribution is -0.140. The Balaban J connectivity index is 2.16. The van der Waals surface area contributed by atoms with Crippen LogP contribution < -0.4 is 4.90 Å². The predicted molar refractivity (Wildman–Crippen MR) is 86.4 cm³/mol. The molecule has 5 heteroatoms. The summed E-state index contributed by atoms with van der Waals surface area (Å²) in [5.41, 5.74) is 1.13. The summed E-state index contributed by atoms with van der Waals surface area (Å²) in [6.07, 6.45) is 5.38. The van der Waals surface area contributed by atoms with Crippen molar-refractivity contribution in [2.24, 2.45) is 5.41 Å². The minimum atomic E-state index is -0.372. The van der Waals surface area contributed by atoms with Crippen LogP contribution in [-0.2, 0) is 4.79 Å². The average molecular weight is 300 g/mol. The summed E-state index contributed by atoms with van der Waals surface area (Å²) >= 11 is 0. The lowest BCUT2D eigenvalue weighted by Gasteiger charge is -2.40. The van der Waals surface area contributed by atoms with Crippen LogP contribution in [0.2, 0.25) is 0 Å². The van der Waals surface area contributed by atoms with Crippen molar-refractivity contribution in [3.05, 3.63) is 24.0 Å². The van der Waals surface area contributed by atoms with Crippen LogP contribution in [0.15, 0.2) is 18.5 Å². The first-order chi connectivity index (χ1) is 10.3. The van der Waals surface area contributed by atoms with E-state index in [9.17, 15) is 10.1 Å². The van der Waals surface area contributed by atoms with Crippen molar-refractivity contribution in [3.63, 3.8) is 0 Å². The van der Waals surface area contributed by atoms with Gasteiger partial charge in [0.2, 0.25) is 5.91 Å². The molecule has 1 aromatic heterocycles. The smallest absolute Gasteiger partial charge is 0.227 e. The Morgan fingerprint density at radius 1 is 1.50 bits per heavy atom. The second-order valence-corrected chi connectivity index (χ2v) is 6.91. The van der Waals surface area contributed by atoms with Crippen LogP contribution in [0.5, 0.6) is 0 Å². The molecule has 0 aromatic carbocycles. The number of carbonyl (C=O) groups excluding carboxylic acids is 1. The first kappa shape index (κ1) is 16.3. The SMILES string of the molecule is CN(C(=O)C(C)(C)C)C1CCCN(c2cnccc2C#N)C1. The summed E-state index contributed by atoms with van der Waals surface area (Å²) < 4.78 is 0. The van der Waals surface area contributed by atoms with E-state index in [2.05, 4.69) is 16.0 Å². The quantitative estimate of drug-likeness (QED) is 0.841. The number of likely N-dealkylation sites (N-methyl/N-ethyl adjacent to an activating group) is 1. The standard InChI is InChI=1S/C17H24N4O/c1-17(2,3)16(22)20(4)14-6-5-9-21(12-14)15-11-19-8-7-13(15)10-18/h7-8,11,14H,5-6,9,12H2,1-4H3. The summed E-state index contributed by atoms with van der Waals surface area (Å²) in [4.78, 5) is 20.7. The Bertz CT molecular complexity index is 585. The maximum Gasteiger partial charge on any atom is 0.227 e. The number of rotatable bonds is 2. The molecule has 0 spiro atoms. The van der Waals surface area contributed by atoms with E-state index in [-0.39, 0.29) is 17.4 Å². The first-order valence-corrected chi connectivity index (χ1v) is 7.71. The molecule has 0 bridgehead atoms. The summed E-state index contributed by atoms with van der Waals surface area (Å²) in [7, 11) is 1.89. The first-order valence-electron chi connectivity index (χ1n) is 7.71. The van der Waals surface area contributed by atoms with Gasteiger partial charge in [0, 0.05) is 37.8 Å². The lowest BCUT2D eigenvalue weighted by atomic mass is 9.93. The third-order valence-electron chi connectivity index (χ3n) is 4.17. The third-order valence-corrected chi connectivity index (χ3v) is 4.17. The van der Waals surface area contributed by atoms with Gasteiger partial charge in [0.25, 0.3) is 0 Å². The molecule has 5 nitrogen and oxygen atoms in total. The Labute approximate surface area is 132 Å². The number of amides is 1. The van der Waals surface area contributed by atoms with Crippen LogP contribution in [0.25, 0.3) is 0 Å². The van der Waals surface area contributed by atoms with Crippen LogP contribution in [-0.4, -0.2) is 42.0 Å². The molecule has 118 valence electrons. The number of anilines is 1. The monoisotopic (exact) mass is 300 g/mol. The van der Waals surface area contributed by atoms with Gasteiger partial charge < -0.3 is 9.80 Å². The van der Waals surface area contributed by atoms with Crippen molar-refractivity contribution in [1.29, 1.82) is 5.26 Å². The van der Waals surface area contributed by atoms with E-state index < -0.39 is 0 Å². The molecule has 0 radical (unpaired) electrons. The highest BCUT2D eigenvalue weighted by Crippen LogP contribution is 2.26. The second-order valence-electron chi connectivity index (χ2n) is 6.91. The van der Waals surface area contributed by atoms with Crippen LogP contribution in [0.3, 0.4) is 0 Å². The van der Waals surface area contributed by atoms with Crippen LogP contribution >= 0.6 is 0 Å². The molecule has 2 heterocycles. The van der Waals surface area contributed by atoms with Gasteiger partial charge in [0.05, 0.1) is 17.4 Å². The van der Waals surface area contributed by atoms with Crippen LogP contribution in [0.1, 0.15) is 39.2 Å². The van der Waals surface area contributed by atoms with Crippen molar-refractivity contribution in [2.45, 2.75) is 39.7 Å². The average Bonchev–Trinajstić information content (AvgIpc) is 2.52. The largest absolute Gasteiger partial charge is 0.367 e. The van der Waals surface area contributed by atoms with Crippen molar-refractivity contribution in [3.8, 4) is 6.07 Å². The van der Waals surface area contributed by atoms with Crippen molar-refractivity contribution >= 4 is 11.6 Å². The number of nitriles is 1. The van der Waals surface area contributed by atoms with Gasteiger partial charge >= 0.3 is 0 Å². The second kappa shape index (κ2) is 6.35. The minimum absolute atomic E-state index is 0.158. The van der Waals surface area contributed by atoms with E-state index in [4.69, 9.17) is 0 Å². The number of pyridine rings is 1. The lowest BCUT2D eigenvalue weighted by Crippen LogP contribution is -2.51. The Hall–Kier alpha value is -2.09. The van der Waals surface area contributed by atoms with E-state index in [1.54, 1.807) is 18.5 Å². The fourth-order valence-corrected chi connectivity index (χ4v) is 2.92. The van der Waals surface area contributed by atoms with E-state index in [0.29, 0.717) is 5.56 Å². The Morgan fingerprint density at radius 3 is 2.86 bits per heavy atom. The summed E-state index contributed by atoms with van der Waals surface area (Å²) in [6.45, 7) is 7.48. The molecule has 0 N–H and O–H groups in total. The molecular weight excluding hydrogens is 276 g/mol. The molecule has 1 amide bonds. The molecule has 1 aromatic rings. The van der Waals surface area contributed by atoms with Gasteiger partial charge in [-0.2, -0.15) is 5.26 Å². The summed E-state index contributed by atoms with van der Waals surface area (Å²) in [5, 5.41) is 9.25. The molecule has 1 aliphatic heterocycles. The molecule has 1 fully saturated rings. The van der Waals surface area contributed by atoms with E-state index >= 15 is 0 Å². The number of hydrogen-bond donors (Lipinski definition) is 0. The molecular formula is C17H24N4O. The zero-order chi connectivity index (χ0) is 16.3. The van der Waals surface area contributed by atoms with E-state index in [0.717, 1.165) is 31.6 Å².